The maximum absolute atomic E-state index is 12.9. The van der Waals surface area contributed by atoms with E-state index >= 15 is 0 Å². The Morgan fingerprint density at radius 3 is 2.50 bits per heavy atom. The molecular weight excluding hydrogens is 438 g/mol. The molecule has 1 N–H and O–H groups in total. The van der Waals surface area contributed by atoms with E-state index in [9.17, 15) is 19.2 Å². The molecule has 0 atom stereocenters. The number of hydrogen-bond acceptors (Lipinski definition) is 7. The van der Waals surface area contributed by atoms with Crippen LogP contribution in [-0.4, -0.2) is 41.1 Å². The number of para-hydroxylation sites is 2. The molecule has 2 aromatic carbocycles. The lowest BCUT2D eigenvalue weighted by molar-refractivity contribution is -0.148. The number of esters is 1. The number of methoxy groups -OCH3 is 1. The normalized spacial score (nSPS) is 10.6. The number of nitrogens with one attached hydrogen (secondary N) is 1. The molecule has 3 rings (SSSR count). The van der Waals surface area contributed by atoms with Crippen molar-refractivity contribution in [2.24, 2.45) is 0 Å². The molecule has 1 heterocycles. The highest BCUT2D eigenvalue weighted by molar-refractivity contribution is 6.05. The van der Waals surface area contributed by atoms with Crippen LogP contribution >= 0.6 is 0 Å². The first-order valence-corrected chi connectivity index (χ1v) is 11.0. The minimum absolute atomic E-state index is 0.0843. The van der Waals surface area contributed by atoms with Gasteiger partial charge < -0.3 is 14.0 Å². The van der Waals surface area contributed by atoms with Gasteiger partial charge in [0, 0.05) is 18.5 Å². The zero-order chi connectivity index (χ0) is 24.5. The van der Waals surface area contributed by atoms with Gasteiger partial charge in [-0.2, -0.15) is 0 Å². The summed E-state index contributed by atoms with van der Waals surface area (Å²) in [6.07, 6.45) is 1.75. The fourth-order valence-corrected chi connectivity index (χ4v) is 3.36. The second kappa shape index (κ2) is 11.7. The predicted molar refractivity (Wildman–Crippen MR) is 126 cm³/mol. The van der Waals surface area contributed by atoms with Gasteiger partial charge in [0.25, 0.3) is 17.4 Å². The highest BCUT2D eigenvalue weighted by atomic mass is 16.5. The summed E-state index contributed by atoms with van der Waals surface area (Å²) in [5.41, 5.74) is 1.74. The SMILES string of the molecule is CCCCn1c(=O)c(CCC(=O)OCC(=O)NC(=O)c2ccc(OC)cc2)nc2ccccc21. The molecule has 0 aliphatic heterocycles. The minimum Gasteiger partial charge on any atom is -0.497 e. The van der Waals surface area contributed by atoms with Crippen LogP contribution in [0.5, 0.6) is 5.75 Å². The lowest BCUT2D eigenvalue weighted by Gasteiger charge is -2.12. The van der Waals surface area contributed by atoms with Gasteiger partial charge in [0.1, 0.15) is 11.4 Å². The molecule has 0 fully saturated rings. The van der Waals surface area contributed by atoms with E-state index < -0.39 is 24.4 Å². The fraction of sp³-hybridized carbons (Fsp3) is 0.320. The van der Waals surface area contributed by atoms with Gasteiger partial charge in [-0.15, -0.1) is 0 Å². The third-order valence-electron chi connectivity index (χ3n) is 5.19. The van der Waals surface area contributed by atoms with E-state index in [1.807, 2.05) is 31.2 Å². The topological polar surface area (TPSA) is 117 Å². The summed E-state index contributed by atoms with van der Waals surface area (Å²) >= 11 is 0. The van der Waals surface area contributed by atoms with Crippen molar-refractivity contribution >= 4 is 28.8 Å². The number of rotatable bonds is 10. The molecule has 0 aliphatic carbocycles. The van der Waals surface area contributed by atoms with Crippen molar-refractivity contribution in [1.82, 2.24) is 14.9 Å². The molecule has 0 radical (unpaired) electrons. The van der Waals surface area contributed by atoms with Gasteiger partial charge in [-0.25, -0.2) is 4.98 Å². The first-order valence-electron chi connectivity index (χ1n) is 11.0. The van der Waals surface area contributed by atoms with Crippen LogP contribution in [0.3, 0.4) is 0 Å². The van der Waals surface area contributed by atoms with Crippen molar-refractivity contribution in [1.29, 1.82) is 0 Å². The predicted octanol–water partition coefficient (Wildman–Crippen LogP) is 2.64. The summed E-state index contributed by atoms with van der Waals surface area (Å²) in [6.45, 7) is 2.01. The Bertz CT molecular complexity index is 1230. The van der Waals surface area contributed by atoms with E-state index in [0.717, 1.165) is 18.4 Å². The van der Waals surface area contributed by atoms with Crippen LogP contribution in [0.25, 0.3) is 11.0 Å². The average Bonchev–Trinajstić information content (AvgIpc) is 2.85. The third kappa shape index (κ3) is 6.28. The van der Waals surface area contributed by atoms with E-state index in [2.05, 4.69) is 10.3 Å². The summed E-state index contributed by atoms with van der Waals surface area (Å²) in [5.74, 6) is -1.45. The second-order valence-corrected chi connectivity index (χ2v) is 7.62. The molecule has 0 saturated carbocycles. The Labute approximate surface area is 196 Å². The van der Waals surface area contributed by atoms with Crippen molar-refractivity contribution in [2.45, 2.75) is 39.2 Å². The molecule has 0 spiro atoms. The maximum atomic E-state index is 12.9. The van der Waals surface area contributed by atoms with Crippen molar-refractivity contribution in [3.8, 4) is 5.75 Å². The van der Waals surface area contributed by atoms with E-state index in [0.29, 0.717) is 17.8 Å². The van der Waals surface area contributed by atoms with Crippen LogP contribution in [0.2, 0.25) is 0 Å². The highest BCUT2D eigenvalue weighted by Gasteiger charge is 2.15. The van der Waals surface area contributed by atoms with Crippen LogP contribution in [0.4, 0.5) is 0 Å². The van der Waals surface area contributed by atoms with Crippen LogP contribution in [-0.2, 0) is 27.3 Å². The standard InChI is InChI=1S/C25H27N3O6/c1-3-4-15-28-21-8-6-5-7-19(21)26-20(25(28)32)13-14-23(30)34-16-22(29)27-24(31)17-9-11-18(33-2)12-10-17/h5-12H,3-4,13-16H2,1-2H3,(H,27,29,31). The number of aryl methyl sites for hydroxylation is 2. The number of nitrogens with zero attached hydrogens (tertiary/aromatic N) is 2. The Morgan fingerprint density at radius 1 is 1.06 bits per heavy atom. The number of hydrogen-bond donors (Lipinski definition) is 1. The highest BCUT2D eigenvalue weighted by Crippen LogP contribution is 2.12. The van der Waals surface area contributed by atoms with Gasteiger partial charge in [0.05, 0.1) is 24.6 Å². The fourth-order valence-electron chi connectivity index (χ4n) is 3.36. The molecule has 3 aromatic rings. The summed E-state index contributed by atoms with van der Waals surface area (Å²) in [7, 11) is 1.51. The zero-order valence-corrected chi connectivity index (χ0v) is 19.2. The monoisotopic (exact) mass is 465 g/mol. The molecule has 34 heavy (non-hydrogen) atoms. The van der Waals surface area contributed by atoms with Gasteiger partial charge in [0.15, 0.2) is 6.61 Å². The summed E-state index contributed by atoms with van der Waals surface area (Å²) in [6, 6.07) is 13.6. The second-order valence-electron chi connectivity index (χ2n) is 7.62. The van der Waals surface area contributed by atoms with Gasteiger partial charge in [-0.05, 0) is 42.8 Å². The third-order valence-corrected chi connectivity index (χ3v) is 5.19. The van der Waals surface area contributed by atoms with E-state index in [4.69, 9.17) is 9.47 Å². The molecule has 9 nitrogen and oxygen atoms in total. The van der Waals surface area contributed by atoms with Crippen molar-refractivity contribution in [2.75, 3.05) is 13.7 Å². The molecule has 178 valence electrons. The van der Waals surface area contributed by atoms with Gasteiger partial charge in [-0.1, -0.05) is 25.5 Å². The Morgan fingerprint density at radius 2 is 1.79 bits per heavy atom. The Kier molecular flexibility index (Phi) is 8.50. The van der Waals surface area contributed by atoms with Crippen LogP contribution in [0.1, 0.15) is 42.2 Å². The molecule has 9 heteroatoms. The quantitative estimate of drug-likeness (QED) is 0.458. The Hall–Kier alpha value is -4.01. The summed E-state index contributed by atoms with van der Waals surface area (Å²) < 4.78 is 11.7. The van der Waals surface area contributed by atoms with Crippen LogP contribution < -0.4 is 15.6 Å². The smallest absolute Gasteiger partial charge is 0.306 e. The number of amides is 2. The van der Waals surface area contributed by atoms with Crippen molar-refractivity contribution in [3.63, 3.8) is 0 Å². The molecule has 1 aromatic heterocycles. The molecule has 2 amide bonds. The Balaban J connectivity index is 1.55. The number of carbonyl (C=O) groups is 3. The van der Waals surface area contributed by atoms with E-state index in [1.165, 1.54) is 19.2 Å². The van der Waals surface area contributed by atoms with Crippen molar-refractivity contribution in [3.05, 3.63) is 70.1 Å². The minimum atomic E-state index is -0.750. The van der Waals surface area contributed by atoms with Crippen molar-refractivity contribution < 1.29 is 23.9 Å². The molecule has 0 aliphatic rings. The number of benzene rings is 2. The lowest BCUT2D eigenvalue weighted by Crippen LogP contribution is -2.34. The van der Waals surface area contributed by atoms with E-state index in [-0.39, 0.29) is 29.7 Å². The van der Waals surface area contributed by atoms with E-state index in [1.54, 1.807) is 16.7 Å². The molecule has 0 bridgehead atoms. The zero-order valence-electron chi connectivity index (χ0n) is 19.2. The largest absolute Gasteiger partial charge is 0.497 e. The number of imide groups is 1. The average molecular weight is 466 g/mol. The van der Waals surface area contributed by atoms with Gasteiger partial charge in [-0.3, -0.25) is 24.5 Å². The summed E-state index contributed by atoms with van der Waals surface area (Å²) in [4.78, 5) is 53.5. The van der Waals surface area contributed by atoms with Gasteiger partial charge in [0.2, 0.25) is 0 Å². The molecule has 0 saturated heterocycles. The number of carbonyl (C=O) groups excluding carboxylic acids is 3. The molecule has 0 unspecified atom stereocenters. The number of aromatic nitrogens is 2. The van der Waals surface area contributed by atoms with Gasteiger partial charge >= 0.3 is 5.97 Å². The number of unbranched alkanes of at least 4 members (excludes halogenated alkanes) is 1. The molecular formula is C25H27N3O6. The lowest BCUT2D eigenvalue weighted by atomic mass is 10.2. The number of ether oxygens (including phenoxy) is 2. The first-order chi connectivity index (χ1) is 16.4. The van der Waals surface area contributed by atoms with Crippen LogP contribution in [0, 0.1) is 0 Å². The first kappa shape index (κ1) is 24.6. The summed E-state index contributed by atoms with van der Waals surface area (Å²) in [5, 5.41) is 2.16. The number of fused-ring (bicyclic) bond motifs is 1. The maximum Gasteiger partial charge on any atom is 0.306 e. The van der Waals surface area contributed by atoms with Crippen LogP contribution in [0.15, 0.2) is 53.3 Å².